The second kappa shape index (κ2) is 8.95. The number of ether oxygens (including phenoxy) is 1. The van der Waals surface area contributed by atoms with Gasteiger partial charge in [0.2, 0.25) is 11.8 Å². The Balaban J connectivity index is 2.21. The molecule has 0 spiro atoms. The Morgan fingerprint density at radius 3 is 2.55 bits per heavy atom. The first-order chi connectivity index (χ1) is 9.54. The Hall–Kier alpha value is -1.10. The number of amides is 2. The molecule has 1 aliphatic carbocycles. The summed E-state index contributed by atoms with van der Waals surface area (Å²) in [6, 6.07) is 0.266. The Labute approximate surface area is 121 Å². The average Bonchev–Trinajstić information content (AvgIpc) is 2.42. The highest BCUT2D eigenvalue weighted by molar-refractivity contribution is 5.83. The van der Waals surface area contributed by atoms with Crippen molar-refractivity contribution in [3.63, 3.8) is 0 Å². The van der Waals surface area contributed by atoms with Gasteiger partial charge in [-0.2, -0.15) is 0 Å². The van der Waals surface area contributed by atoms with Gasteiger partial charge in [-0.1, -0.05) is 26.7 Å². The van der Waals surface area contributed by atoms with Gasteiger partial charge in [-0.25, -0.2) is 0 Å². The predicted octanol–water partition coefficient (Wildman–Crippen LogP) is 1.47. The third-order valence-electron chi connectivity index (χ3n) is 4.26. The molecule has 3 atom stereocenters. The number of rotatable bonds is 7. The largest absolute Gasteiger partial charge is 0.383 e. The maximum atomic E-state index is 11.9. The third-order valence-corrected chi connectivity index (χ3v) is 4.26. The average molecular weight is 284 g/mol. The molecule has 0 bridgehead atoms. The monoisotopic (exact) mass is 284 g/mol. The zero-order chi connectivity index (χ0) is 15.0. The van der Waals surface area contributed by atoms with Gasteiger partial charge in [0.1, 0.15) is 0 Å². The molecule has 116 valence electrons. The molecule has 0 heterocycles. The van der Waals surface area contributed by atoms with Crippen molar-refractivity contribution in [1.82, 2.24) is 10.6 Å². The van der Waals surface area contributed by atoms with Gasteiger partial charge in [0.15, 0.2) is 0 Å². The summed E-state index contributed by atoms with van der Waals surface area (Å²) < 4.78 is 4.85. The number of carbonyl (C=O) groups excluding carboxylic acids is 2. The standard InChI is InChI=1S/C15H28N2O3/c1-11-5-4-6-13(12(11)2)17-15(19)8-7-14(18)16-9-10-20-3/h11-13H,4-10H2,1-3H3,(H,16,18)(H,17,19)/t11-,12-,13-/m1/s1. The van der Waals surface area contributed by atoms with E-state index in [1.165, 1.54) is 12.8 Å². The van der Waals surface area contributed by atoms with Crippen LogP contribution in [0.5, 0.6) is 0 Å². The molecular weight excluding hydrogens is 256 g/mol. The third kappa shape index (κ3) is 5.90. The highest BCUT2D eigenvalue weighted by Gasteiger charge is 2.27. The van der Waals surface area contributed by atoms with E-state index in [1.807, 2.05) is 0 Å². The molecule has 1 rings (SSSR count). The molecule has 0 saturated heterocycles. The maximum Gasteiger partial charge on any atom is 0.220 e. The van der Waals surface area contributed by atoms with E-state index in [9.17, 15) is 9.59 Å². The van der Waals surface area contributed by atoms with Gasteiger partial charge in [0.05, 0.1) is 6.61 Å². The highest BCUT2D eigenvalue weighted by Crippen LogP contribution is 2.29. The Morgan fingerprint density at radius 1 is 1.15 bits per heavy atom. The van der Waals surface area contributed by atoms with Crippen LogP contribution in [-0.4, -0.2) is 38.1 Å². The van der Waals surface area contributed by atoms with Crippen molar-refractivity contribution in [2.45, 2.75) is 52.0 Å². The lowest BCUT2D eigenvalue weighted by Gasteiger charge is -2.34. The summed E-state index contributed by atoms with van der Waals surface area (Å²) >= 11 is 0. The van der Waals surface area contributed by atoms with E-state index in [-0.39, 0.29) is 30.7 Å². The van der Waals surface area contributed by atoms with E-state index in [1.54, 1.807) is 7.11 Å². The highest BCUT2D eigenvalue weighted by atomic mass is 16.5. The first kappa shape index (κ1) is 17.0. The van der Waals surface area contributed by atoms with Gasteiger partial charge in [-0.15, -0.1) is 0 Å². The summed E-state index contributed by atoms with van der Waals surface area (Å²) in [6.45, 7) is 5.43. The SMILES string of the molecule is COCCNC(=O)CCC(=O)N[C@@H]1CCC[C@@H](C)[C@H]1C. The molecule has 1 fully saturated rings. The van der Waals surface area contributed by atoms with Crippen LogP contribution in [0.2, 0.25) is 0 Å². The number of hydrogen-bond donors (Lipinski definition) is 2. The van der Waals surface area contributed by atoms with Crippen LogP contribution in [0.1, 0.15) is 46.0 Å². The Morgan fingerprint density at radius 2 is 1.85 bits per heavy atom. The molecule has 0 aliphatic heterocycles. The van der Waals surface area contributed by atoms with Crippen LogP contribution >= 0.6 is 0 Å². The summed E-state index contributed by atoms with van der Waals surface area (Å²) in [5, 5.41) is 5.79. The van der Waals surface area contributed by atoms with Crippen LogP contribution in [0, 0.1) is 11.8 Å². The zero-order valence-corrected chi connectivity index (χ0v) is 12.9. The fraction of sp³-hybridized carbons (Fsp3) is 0.867. The van der Waals surface area contributed by atoms with Crippen LogP contribution in [0.3, 0.4) is 0 Å². The minimum atomic E-state index is -0.0951. The molecule has 1 saturated carbocycles. The van der Waals surface area contributed by atoms with Crippen LogP contribution in [0.25, 0.3) is 0 Å². The number of carbonyl (C=O) groups is 2. The molecular formula is C15H28N2O3. The number of nitrogens with one attached hydrogen (secondary N) is 2. The molecule has 5 nitrogen and oxygen atoms in total. The Kier molecular flexibility index (Phi) is 7.59. The summed E-state index contributed by atoms with van der Waals surface area (Å²) in [5.41, 5.74) is 0. The lowest BCUT2D eigenvalue weighted by molar-refractivity contribution is -0.127. The van der Waals surface area contributed by atoms with Crippen molar-refractivity contribution < 1.29 is 14.3 Å². The van der Waals surface area contributed by atoms with Crippen molar-refractivity contribution in [1.29, 1.82) is 0 Å². The molecule has 0 radical (unpaired) electrons. The second-order valence-corrected chi connectivity index (χ2v) is 5.78. The van der Waals surface area contributed by atoms with Crippen LogP contribution < -0.4 is 10.6 Å². The van der Waals surface area contributed by atoms with Gasteiger partial charge in [0.25, 0.3) is 0 Å². The van der Waals surface area contributed by atoms with Gasteiger partial charge < -0.3 is 15.4 Å². The summed E-state index contributed by atoms with van der Waals surface area (Å²) in [6.07, 6.45) is 3.98. The lowest BCUT2D eigenvalue weighted by Crippen LogP contribution is -2.44. The van der Waals surface area contributed by atoms with Crippen molar-refractivity contribution in [2.75, 3.05) is 20.3 Å². The van der Waals surface area contributed by atoms with Crippen molar-refractivity contribution in [3.05, 3.63) is 0 Å². The molecule has 0 aromatic rings. The Bertz CT molecular complexity index is 320. The molecule has 0 unspecified atom stereocenters. The van der Waals surface area contributed by atoms with Crippen LogP contribution in [-0.2, 0) is 14.3 Å². The van der Waals surface area contributed by atoms with Crippen molar-refractivity contribution in [2.24, 2.45) is 11.8 Å². The summed E-state index contributed by atoms with van der Waals surface area (Å²) in [5.74, 6) is 1.06. The van der Waals surface area contributed by atoms with Crippen LogP contribution in [0.15, 0.2) is 0 Å². The minimum Gasteiger partial charge on any atom is -0.383 e. The number of methoxy groups -OCH3 is 1. The fourth-order valence-corrected chi connectivity index (χ4v) is 2.67. The van der Waals surface area contributed by atoms with Gasteiger partial charge in [-0.3, -0.25) is 9.59 Å². The first-order valence-corrected chi connectivity index (χ1v) is 7.59. The lowest BCUT2D eigenvalue weighted by atomic mass is 9.78. The smallest absolute Gasteiger partial charge is 0.220 e. The fourth-order valence-electron chi connectivity index (χ4n) is 2.67. The maximum absolute atomic E-state index is 11.9. The van der Waals surface area contributed by atoms with E-state index >= 15 is 0 Å². The van der Waals surface area contributed by atoms with Gasteiger partial charge in [0, 0.05) is 32.5 Å². The predicted molar refractivity (Wildman–Crippen MR) is 78.2 cm³/mol. The van der Waals surface area contributed by atoms with E-state index in [2.05, 4.69) is 24.5 Å². The second-order valence-electron chi connectivity index (χ2n) is 5.78. The molecule has 1 aliphatic rings. The molecule has 2 amide bonds. The normalized spacial score (nSPS) is 26.1. The van der Waals surface area contributed by atoms with Crippen LogP contribution in [0.4, 0.5) is 0 Å². The minimum absolute atomic E-state index is 0.0159. The van der Waals surface area contributed by atoms with E-state index < -0.39 is 0 Å². The molecule has 0 aromatic carbocycles. The van der Waals surface area contributed by atoms with E-state index in [0.717, 1.165) is 6.42 Å². The van der Waals surface area contributed by atoms with Gasteiger partial charge in [-0.05, 0) is 18.3 Å². The van der Waals surface area contributed by atoms with E-state index in [4.69, 9.17) is 4.74 Å². The van der Waals surface area contributed by atoms with E-state index in [0.29, 0.717) is 25.0 Å². The molecule has 2 N–H and O–H groups in total. The quantitative estimate of drug-likeness (QED) is 0.696. The van der Waals surface area contributed by atoms with Crippen molar-refractivity contribution in [3.8, 4) is 0 Å². The number of hydrogen-bond acceptors (Lipinski definition) is 3. The molecule has 5 heteroatoms. The topological polar surface area (TPSA) is 67.4 Å². The van der Waals surface area contributed by atoms with Gasteiger partial charge >= 0.3 is 0 Å². The molecule has 0 aromatic heterocycles. The molecule has 20 heavy (non-hydrogen) atoms. The summed E-state index contributed by atoms with van der Waals surface area (Å²) in [4.78, 5) is 23.4. The van der Waals surface area contributed by atoms with Crippen molar-refractivity contribution >= 4 is 11.8 Å². The first-order valence-electron chi connectivity index (χ1n) is 7.59. The summed E-state index contributed by atoms with van der Waals surface area (Å²) in [7, 11) is 1.59. The zero-order valence-electron chi connectivity index (χ0n) is 12.9.